The average molecular weight is 210 g/mol. The molecule has 1 heterocycles. The molecule has 0 aliphatic heterocycles. The third-order valence-corrected chi connectivity index (χ3v) is 3.78. The number of nitrogens with one attached hydrogen (secondary N) is 1. The van der Waals surface area contributed by atoms with Gasteiger partial charge in [-0.25, -0.2) is 0 Å². The maximum absolute atomic E-state index is 7.65. The van der Waals surface area contributed by atoms with E-state index in [1.165, 1.54) is 20.9 Å². The minimum absolute atomic E-state index is 0.605. The monoisotopic (exact) mass is 210 g/mol. The number of hydrogen-bond donors (Lipinski definition) is 1. The summed E-state index contributed by atoms with van der Waals surface area (Å²) in [5.41, 5.74) is 1.15. The maximum atomic E-state index is 7.65. The summed E-state index contributed by atoms with van der Waals surface area (Å²) in [6.45, 7) is 0. The fraction of sp³-hybridized carbons (Fsp3) is 0.222. The summed E-state index contributed by atoms with van der Waals surface area (Å²) in [4.78, 5) is 1.86. The Morgan fingerprint density at radius 1 is 1.46 bits per heavy atom. The summed E-state index contributed by atoms with van der Waals surface area (Å²) in [6, 6.07) is 6.32. The first kappa shape index (κ1) is 8.84. The smallest absolute Gasteiger partial charge is 0.182 e. The zero-order valence-electron chi connectivity index (χ0n) is 7.50. The molecule has 13 heavy (non-hydrogen) atoms. The van der Waals surface area contributed by atoms with Gasteiger partial charge in [0.25, 0.3) is 0 Å². The van der Waals surface area contributed by atoms with Crippen molar-refractivity contribution in [2.45, 2.75) is 4.90 Å². The minimum atomic E-state index is 0.605. The Kier molecular flexibility index (Phi) is 2.17. The number of fused-ring (bicyclic) bond motifs is 1. The SMILES string of the molecule is CSc1ccc2c(c1)sc(=N)n2C. The van der Waals surface area contributed by atoms with E-state index in [2.05, 4.69) is 24.5 Å². The Labute approximate surface area is 84.7 Å². The van der Waals surface area contributed by atoms with Crippen LogP contribution in [0.4, 0.5) is 0 Å². The molecule has 0 atom stereocenters. The van der Waals surface area contributed by atoms with Crippen molar-refractivity contribution in [2.75, 3.05) is 6.26 Å². The van der Waals surface area contributed by atoms with Gasteiger partial charge >= 0.3 is 0 Å². The minimum Gasteiger partial charge on any atom is -0.320 e. The van der Waals surface area contributed by atoms with Crippen molar-refractivity contribution < 1.29 is 0 Å². The van der Waals surface area contributed by atoms with E-state index in [9.17, 15) is 0 Å². The Balaban J connectivity index is 2.80. The Hall–Kier alpha value is -0.740. The highest BCUT2D eigenvalue weighted by Crippen LogP contribution is 2.23. The number of hydrogen-bond acceptors (Lipinski definition) is 3. The molecule has 0 aliphatic rings. The number of rotatable bonds is 1. The van der Waals surface area contributed by atoms with E-state index in [1.807, 2.05) is 11.6 Å². The largest absolute Gasteiger partial charge is 0.320 e. The van der Waals surface area contributed by atoms with E-state index in [4.69, 9.17) is 5.41 Å². The second kappa shape index (κ2) is 3.20. The normalized spacial score (nSPS) is 10.9. The van der Waals surface area contributed by atoms with Crippen molar-refractivity contribution in [3.8, 4) is 0 Å². The van der Waals surface area contributed by atoms with Crippen LogP contribution >= 0.6 is 23.1 Å². The first-order valence-corrected chi connectivity index (χ1v) is 5.94. The molecule has 0 radical (unpaired) electrons. The van der Waals surface area contributed by atoms with Crippen LogP contribution in [-0.4, -0.2) is 10.8 Å². The summed E-state index contributed by atoms with van der Waals surface area (Å²) in [5.74, 6) is 0. The van der Waals surface area contributed by atoms with Crippen molar-refractivity contribution in [1.82, 2.24) is 4.57 Å². The van der Waals surface area contributed by atoms with Crippen molar-refractivity contribution in [2.24, 2.45) is 7.05 Å². The lowest BCUT2D eigenvalue weighted by molar-refractivity contribution is 0.893. The zero-order chi connectivity index (χ0) is 9.42. The highest BCUT2D eigenvalue weighted by atomic mass is 32.2. The molecule has 1 N–H and O–H groups in total. The van der Waals surface area contributed by atoms with Crippen molar-refractivity contribution in [1.29, 1.82) is 5.41 Å². The number of aryl methyl sites for hydroxylation is 1. The van der Waals surface area contributed by atoms with Gasteiger partial charge in [-0.3, -0.25) is 5.41 Å². The number of benzene rings is 1. The molecule has 0 bridgehead atoms. The molecule has 1 aromatic heterocycles. The number of nitrogens with zero attached hydrogens (tertiary/aromatic N) is 1. The van der Waals surface area contributed by atoms with Gasteiger partial charge in [-0.05, 0) is 24.5 Å². The Morgan fingerprint density at radius 3 is 2.92 bits per heavy atom. The van der Waals surface area contributed by atoms with Crippen LogP contribution in [0.5, 0.6) is 0 Å². The topological polar surface area (TPSA) is 28.8 Å². The summed E-state index contributed by atoms with van der Waals surface area (Å²) < 4.78 is 3.10. The van der Waals surface area contributed by atoms with E-state index in [1.54, 1.807) is 11.8 Å². The number of aromatic nitrogens is 1. The molecule has 4 heteroatoms. The molecule has 2 nitrogen and oxygen atoms in total. The summed E-state index contributed by atoms with van der Waals surface area (Å²) in [6.07, 6.45) is 2.07. The van der Waals surface area contributed by atoms with Crippen LogP contribution in [0.1, 0.15) is 0 Å². The first-order chi connectivity index (χ1) is 6.22. The molecular formula is C9H10N2S2. The molecule has 0 spiro atoms. The Bertz CT molecular complexity index is 496. The maximum Gasteiger partial charge on any atom is 0.182 e. The fourth-order valence-corrected chi connectivity index (χ4v) is 2.72. The molecule has 0 aliphatic carbocycles. The van der Waals surface area contributed by atoms with Crippen LogP contribution in [0.2, 0.25) is 0 Å². The van der Waals surface area contributed by atoms with Gasteiger partial charge in [0.1, 0.15) is 0 Å². The highest BCUT2D eigenvalue weighted by Gasteiger charge is 2.01. The lowest BCUT2D eigenvalue weighted by Crippen LogP contribution is -2.06. The third-order valence-electron chi connectivity index (χ3n) is 2.04. The summed E-state index contributed by atoms with van der Waals surface area (Å²) >= 11 is 3.26. The van der Waals surface area contributed by atoms with Crippen LogP contribution in [0.25, 0.3) is 10.2 Å². The molecule has 2 aromatic rings. The van der Waals surface area contributed by atoms with Crippen LogP contribution < -0.4 is 4.80 Å². The van der Waals surface area contributed by atoms with Gasteiger partial charge in [0.05, 0.1) is 10.2 Å². The molecule has 0 saturated carbocycles. The highest BCUT2D eigenvalue weighted by molar-refractivity contribution is 7.98. The van der Waals surface area contributed by atoms with Gasteiger partial charge in [-0.15, -0.1) is 11.8 Å². The van der Waals surface area contributed by atoms with Crippen molar-refractivity contribution >= 4 is 33.3 Å². The molecule has 1 aromatic carbocycles. The third kappa shape index (κ3) is 1.40. The van der Waals surface area contributed by atoms with Gasteiger partial charge < -0.3 is 4.57 Å². The molecule has 0 amide bonds. The quantitative estimate of drug-likeness (QED) is 0.720. The zero-order valence-corrected chi connectivity index (χ0v) is 9.13. The van der Waals surface area contributed by atoms with Crippen LogP contribution in [0.15, 0.2) is 23.1 Å². The Morgan fingerprint density at radius 2 is 2.23 bits per heavy atom. The van der Waals surface area contributed by atoms with E-state index in [-0.39, 0.29) is 0 Å². The van der Waals surface area contributed by atoms with Gasteiger partial charge in [-0.2, -0.15) is 0 Å². The standard InChI is InChI=1S/C9H10N2S2/c1-11-7-4-3-6(12-2)5-8(7)13-9(11)10/h3-5,10H,1-2H3. The molecule has 0 unspecified atom stereocenters. The second-order valence-corrected chi connectivity index (χ2v) is 4.71. The van der Waals surface area contributed by atoms with Crippen LogP contribution in [0, 0.1) is 5.41 Å². The molecule has 68 valence electrons. The summed E-state index contributed by atoms with van der Waals surface area (Å²) in [5, 5.41) is 7.65. The van der Waals surface area contributed by atoms with E-state index in [0.717, 1.165) is 5.52 Å². The van der Waals surface area contributed by atoms with Crippen LogP contribution in [0.3, 0.4) is 0 Å². The van der Waals surface area contributed by atoms with E-state index < -0.39 is 0 Å². The van der Waals surface area contributed by atoms with Crippen LogP contribution in [-0.2, 0) is 7.05 Å². The second-order valence-electron chi connectivity index (χ2n) is 2.80. The van der Waals surface area contributed by atoms with Crippen molar-refractivity contribution in [3.05, 3.63) is 23.0 Å². The number of thioether (sulfide) groups is 1. The fourth-order valence-electron chi connectivity index (χ4n) is 1.26. The van der Waals surface area contributed by atoms with Crippen molar-refractivity contribution in [3.63, 3.8) is 0 Å². The first-order valence-electron chi connectivity index (χ1n) is 3.90. The predicted octanol–water partition coefficient (Wildman–Crippen LogP) is 2.44. The van der Waals surface area contributed by atoms with E-state index in [0.29, 0.717) is 4.80 Å². The molecule has 0 fully saturated rings. The average Bonchev–Trinajstić information content (AvgIpc) is 2.42. The van der Waals surface area contributed by atoms with E-state index >= 15 is 0 Å². The summed E-state index contributed by atoms with van der Waals surface area (Å²) in [7, 11) is 1.93. The van der Waals surface area contributed by atoms with Gasteiger partial charge in [0.15, 0.2) is 4.80 Å². The van der Waals surface area contributed by atoms with Gasteiger partial charge in [-0.1, -0.05) is 11.3 Å². The molecule has 2 rings (SSSR count). The lowest BCUT2D eigenvalue weighted by atomic mass is 10.3. The van der Waals surface area contributed by atoms with Gasteiger partial charge in [0.2, 0.25) is 0 Å². The predicted molar refractivity (Wildman–Crippen MR) is 58.4 cm³/mol. The van der Waals surface area contributed by atoms with Gasteiger partial charge in [0, 0.05) is 11.9 Å². The number of thiazole rings is 1. The lowest BCUT2D eigenvalue weighted by Gasteiger charge is -1.96. The molecular weight excluding hydrogens is 200 g/mol. The molecule has 0 saturated heterocycles.